The Hall–Kier alpha value is -1.05. The molecule has 1 aliphatic rings. The molecule has 0 heterocycles. The van der Waals surface area contributed by atoms with E-state index in [0.29, 0.717) is 12.5 Å². The van der Waals surface area contributed by atoms with Gasteiger partial charge in [-0.25, -0.2) is 4.39 Å². The van der Waals surface area contributed by atoms with Crippen molar-refractivity contribution in [3.05, 3.63) is 30.3 Å². The van der Waals surface area contributed by atoms with Gasteiger partial charge >= 0.3 is 0 Å². The Morgan fingerprint density at radius 1 is 1.29 bits per heavy atom. The molecule has 1 aliphatic carbocycles. The summed E-state index contributed by atoms with van der Waals surface area (Å²) in [4.78, 5) is 2.17. The van der Waals surface area contributed by atoms with Crippen LogP contribution in [0, 0.1) is 0 Å². The molecule has 1 fully saturated rings. The molecule has 2 rings (SSSR count). The predicted molar refractivity (Wildman–Crippen MR) is 57.4 cm³/mol. The third kappa shape index (κ3) is 1.74. The number of alkyl halides is 1. The highest BCUT2D eigenvalue weighted by molar-refractivity contribution is 5.49. The van der Waals surface area contributed by atoms with Crippen molar-refractivity contribution in [2.24, 2.45) is 0 Å². The molecule has 0 aromatic heterocycles. The number of rotatable bonds is 3. The van der Waals surface area contributed by atoms with Crippen molar-refractivity contribution in [3.8, 4) is 0 Å². The number of anilines is 1. The summed E-state index contributed by atoms with van der Waals surface area (Å²) in [6.07, 6.45) is 0.0604. The summed E-state index contributed by atoms with van der Waals surface area (Å²) in [6, 6.07) is 10.6. The average Bonchev–Trinajstić information content (AvgIpc) is 2.84. The van der Waals surface area contributed by atoms with Gasteiger partial charge in [-0.1, -0.05) is 18.2 Å². The quantitative estimate of drug-likeness (QED) is 0.713. The van der Waals surface area contributed by atoms with E-state index in [1.54, 1.807) is 0 Å². The zero-order chi connectivity index (χ0) is 10.1. The van der Waals surface area contributed by atoms with E-state index in [0.717, 1.165) is 5.69 Å². The Morgan fingerprint density at radius 3 is 2.29 bits per heavy atom. The summed E-state index contributed by atoms with van der Waals surface area (Å²) in [5, 5.41) is 0. The van der Waals surface area contributed by atoms with Crippen LogP contribution in [-0.4, -0.2) is 18.3 Å². The van der Waals surface area contributed by atoms with Gasteiger partial charge in [0, 0.05) is 18.2 Å². The molecule has 1 aromatic rings. The lowest BCUT2D eigenvalue weighted by Crippen LogP contribution is -2.34. The fourth-order valence-electron chi connectivity index (χ4n) is 1.91. The summed E-state index contributed by atoms with van der Waals surface area (Å²) in [7, 11) is 0. The van der Waals surface area contributed by atoms with Crippen LogP contribution in [0.4, 0.5) is 10.1 Å². The fraction of sp³-hybridized carbons (Fsp3) is 0.500. The Bertz CT molecular complexity index is 296. The van der Waals surface area contributed by atoms with Crippen molar-refractivity contribution >= 4 is 5.69 Å². The van der Waals surface area contributed by atoms with E-state index < -0.39 is 6.17 Å². The molecule has 0 bridgehead atoms. The van der Waals surface area contributed by atoms with Gasteiger partial charge in [-0.05, 0) is 26.0 Å². The van der Waals surface area contributed by atoms with Gasteiger partial charge in [-0.2, -0.15) is 0 Å². The average molecular weight is 193 g/mol. The summed E-state index contributed by atoms with van der Waals surface area (Å²) >= 11 is 0. The minimum Gasteiger partial charge on any atom is -0.363 e. The summed E-state index contributed by atoms with van der Waals surface area (Å²) in [5.74, 6) is 0. The van der Waals surface area contributed by atoms with E-state index in [2.05, 4.69) is 18.7 Å². The normalized spacial score (nSPS) is 25.1. The number of hydrogen-bond donors (Lipinski definition) is 0. The molecule has 0 radical (unpaired) electrons. The molecule has 1 saturated carbocycles. The molecule has 76 valence electrons. The lowest BCUT2D eigenvalue weighted by Gasteiger charge is -2.28. The second-order valence-corrected chi connectivity index (χ2v) is 4.16. The van der Waals surface area contributed by atoms with Crippen molar-refractivity contribution in [2.75, 3.05) is 4.90 Å². The van der Waals surface area contributed by atoms with Crippen LogP contribution in [0.25, 0.3) is 0 Å². The maximum atomic E-state index is 13.0. The SMILES string of the molecule is CC(C)N(c1ccccc1)[C@H]1C[C@@H]1F. The topological polar surface area (TPSA) is 3.24 Å². The predicted octanol–water partition coefficient (Wildman–Crippen LogP) is 3.01. The van der Waals surface area contributed by atoms with Crippen LogP contribution < -0.4 is 4.90 Å². The summed E-state index contributed by atoms with van der Waals surface area (Å²) in [5.41, 5.74) is 1.13. The highest BCUT2D eigenvalue weighted by Crippen LogP contribution is 2.36. The Balaban J connectivity index is 2.19. The van der Waals surface area contributed by atoms with Gasteiger partial charge in [0.2, 0.25) is 0 Å². The van der Waals surface area contributed by atoms with Crippen LogP contribution >= 0.6 is 0 Å². The highest BCUT2D eigenvalue weighted by Gasteiger charge is 2.43. The first-order valence-corrected chi connectivity index (χ1v) is 5.17. The summed E-state index contributed by atoms with van der Waals surface area (Å²) in [6.45, 7) is 4.22. The van der Waals surface area contributed by atoms with E-state index in [1.165, 1.54) is 0 Å². The molecule has 0 spiro atoms. The van der Waals surface area contributed by atoms with Crippen molar-refractivity contribution in [3.63, 3.8) is 0 Å². The molecule has 1 aromatic carbocycles. The number of hydrogen-bond acceptors (Lipinski definition) is 1. The molecular weight excluding hydrogens is 177 g/mol. The van der Waals surface area contributed by atoms with Crippen LogP contribution in [0.15, 0.2) is 30.3 Å². The number of benzene rings is 1. The van der Waals surface area contributed by atoms with Crippen molar-refractivity contribution in [1.82, 2.24) is 0 Å². The van der Waals surface area contributed by atoms with Crippen LogP contribution in [0.5, 0.6) is 0 Å². The van der Waals surface area contributed by atoms with Crippen LogP contribution in [0.3, 0.4) is 0 Å². The van der Waals surface area contributed by atoms with E-state index in [4.69, 9.17) is 0 Å². The highest BCUT2D eigenvalue weighted by atomic mass is 19.1. The lowest BCUT2D eigenvalue weighted by molar-refractivity contribution is 0.454. The van der Waals surface area contributed by atoms with Crippen molar-refractivity contribution in [2.45, 2.75) is 38.5 Å². The number of halogens is 1. The molecule has 0 amide bonds. The number of nitrogens with zero attached hydrogens (tertiary/aromatic N) is 1. The standard InChI is InChI=1S/C12H16FN/c1-9(2)14(12-8-11(12)13)10-6-4-3-5-7-10/h3-7,9,11-12H,8H2,1-2H3/t11-,12-/m0/s1. The zero-order valence-corrected chi connectivity index (χ0v) is 8.65. The molecule has 14 heavy (non-hydrogen) atoms. The van der Waals surface area contributed by atoms with Gasteiger partial charge in [0.1, 0.15) is 6.17 Å². The minimum absolute atomic E-state index is 0.109. The first kappa shape index (κ1) is 9.50. The van der Waals surface area contributed by atoms with Gasteiger partial charge < -0.3 is 4.90 Å². The van der Waals surface area contributed by atoms with E-state index >= 15 is 0 Å². The Labute approximate surface area is 84.5 Å². The zero-order valence-electron chi connectivity index (χ0n) is 8.65. The number of para-hydroxylation sites is 1. The maximum absolute atomic E-state index is 13.0. The first-order chi connectivity index (χ1) is 6.70. The van der Waals surface area contributed by atoms with E-state index in [1.807, 2.05) is 30.3 Å². The van der Waals surface area contributed by atoms with Crippen molar-refractivity contribution < 1.29 is 4.39 Å². The molecule has 0 saturated heterocycles. The molecule has 0 unspecified atom stereocenters. The smallest absolute Gasteiger partial charge is 0.123 e. The van der Waals surface area contributed by atoms with Gasteiger partial charge in [0.25, 0.3) is 0 Å². The van der Waals surface area contributed by atoms with Crippen LogP contribution in [0.2, 0.25) is 0 Å². The first-order valence-electron chi connectivity index (χ1n) is 5.17. The second kappa shape index (κ2) is 3.60. The molecule has 0 N–H and O–H groups in total. The lowest BCUT2D eigenvalue weighted by atomic mass is 10.2. The molecular formula is C12H16FN. The van der Waals surface area contributed by atoms with Gasteiger partial charge in [-0.3, -0.25) is 0 Å². The monoisotopic (exact) mass is 193 g/mol. The fourth-order valence-corrected chi connectivity index (χ4v) is 1.91. The Morgan fingerprint density at radius 2 is 1.86 bits per heavy atom. The van der Waals surface area contributed by atoms with Gasteiger partial charge in [-0.15, -0.1) is 0 Å². The Kier molecular flexibility index (Phi) is 2.44. The van der Waals surface area contributed by atoms with E-state index in [-0.39, 0.29) is 6.04 Å². The third-order valence-corrected chi connectivity index (χ3v) is 2.65. The molecule has 2 atom stereocenters. The second-order valence-electron chi connectivity index (χ2n) is 4.16. The molecule has 2 heteroatoms. The van der Waals surface area contributed by atoms with Crippen LogP contribution in [-0.2, 0) is 0 Å². The van der Waals surface area contributed by atoms with Gasteiger partial charge in [0.05, 0.1) is 6.04 Å². The summed E-state index contributed by atoms with van der Waals surface area (Å²) < 4.78 is 13.0. The largest absolute Gasteiger partial charge is 0.363 e. The van der Waals surface area contributed by atoms with Gasteiger partial charge in [0.15, 0.2) is 0 Å². The third-order valence-electron chi connectivity index (χ3n) is 2.65. The van der Waals surface area contributed by atoms with Crippen molar-refractivity contribution in [1.29, 1.82) is 0 Å². The maximum Gasteiger partial charge on any atom is 0.123 e. The molecule has 1 nitrogen and oxygen atoms in total. The minimum atomic E-state index is -0.627. The van der Waals surface area contributed by atoms with E-state index in [9.17, 15) is 4.39 Å². The van der Waals surface area contributed by atoms with Crippen LogP contribution in [0.1, 0.15) is 20.3 Å². The molecule has 0 aliphatic heterocycles.